The molecule has 3 rings (SSSR count). The number of benzene rings is 2. The SMILES string of the molecule is N#Cc1cc(C(F)(F)F)ccc1S(=O)(=O)N1C[C@H](COc2ccc(C(F)(F)F)c(F)c2)[C@](O)(CO)C1. The molecule has 0 spiro atoms. The summed E-state index contributed by atoms with van der Waals surface area (Å²) in [5.74, 6) is -3.17. The minimum absolute atomic E-state index is 0.362. The van der Waals surface area contributed by atoms with E-state index in [-0.39, 0.29) is 5.75 Å². The number of nitriles is 1. The molecule has 0 amide bonds. The lowest BCUT2D eigenvalue weighted by Gasteiger charge is -2.26. The van der Waals surface area contributed by atoms with Crippen LogP contribution in [0.1, 0.15) is 16.7 Å². The van der Waals surface area contributed by atoms with Gasteiger partial charge in [-0.25, -0.2) is 12.8 Å². The van der Waals surface area contributed by atoms with Gasteiger partial charge >= 0.3 is 12.4 Å². The van der Waals surface area contributed by atoms with Crippen LogP contribution in [0.3, 0.4) is 0 Å². The fourth-order valence-corrected chi connectivity index (χ4v) is 5.33. The van der Waals surface area contributed by atoms with Crippen molar-refractivity contribution in [1.29, 1.82) is 5.26 Å². The monoisotopic (exact) mass is 542 g/mol. The number of sulfonamides is 1. The molecule has 1 heterocycles. The predicted molar refractivity (Wildman–Crippen MR) is 107 cm³/mol. The number of rotatable bonds is 6. The fourth-order valence-electron chi connectivity index (χ4n) is 3.65. The minimum atomic E-state index is -4.94. The van der Waals surface area contributed by atoms with E-state index in [2.05, 4.69) is 0 Å². The van der Waals surface area contributed by atoms with E-state index in [1.165, 1.54) is 6.07 Å². The Morgan fingerprint density at radius 2 is 1.78 bits per heavy atom. The Morgan fingerprint density at radius 1 is 1.11 bits per heavy atom. The summed E-state index contributed by atoms with van der Waals surface area (Å²) in [6, 6.07) is 4.53. The molecule has 2 atom stereocenters. The van der Waals surface area contributed by atoms with E-state index in [4.69, 9.17) is 4.74 Å². The Labute approximate surface area is 200 Å². The van der Waals surface area contributed by atoms with Gasteiger partial charge in [-0.1, -0.05) is 0 Å². The zero-order valence-electron chi connectivity index (χ0n) is 17.9. The van der Waals surface area contributed by atoms with Crippen molar-refractivity contribution in [2.24, 2.45) is 5.92 Å². The topological polar surface area (TPSA) is 111 Å². The molecule has 0 aromatic heterocycles. The van der Waals surface area contributed by atoms with Crippen molar-refractivity contribution in [3.05, 3.63) is 58.9 Å². The van der Waals surface area contributed by atoms with Crippen molar-refractivity contribution in [3.8, 4) is 11.8 Å². The normalized spacial score (nSPS) is 21.4. The van der Waals surface area contributed by atoms with Gasteiger partial charge in [0, 0.05) is 25.1 Å². The maximum absolute atomic E-state index is 13.8. The molecule has 0 bridgehead atoms. The highest BCUT2D eigenvalue weighted by Crippen LogP contribution is 2.37. The molecule has 2 aromatic carbocycles. The molecular formula is C21H17F7N2O5S. The first-order chi connectivity index (χ1) is 16.5. The number of ether oxygens (including phenoxy) is 1. The van der Waals surface area contributed by atoms with Crippen LogP contribution in [-0.2, 0) is 22.4 Å². The van der Waals surface area contributed by atoms with Crippen LogP contribution in [0.25, 0.3) is 0 Å². The van der Waals surface area contributed by atoms with Crippen LogP contribution in [0.5, 0.6) is 5.75 Å². The number of β-amino-alcohol motifs (C(OH)–C–C–N with tert-alkyl or cyclic N) is 1. The molecule has 2 aromatic rings. The Balaban J connectivity index is 1.84. The Kier molecular flexibility index (Phi) is 7.30. The van der Waals surface area contributed by atoms with E-state index >= 15 is 0 Å². The van der Waals surface area contributed by atoms with E-state index in [0.29, 0.717) is 34.6 Å². The lowest BCUT2D eigenvalue weighted by Crippen LogP contribution is -2.44. The first-order valence-electron chi connectivity index (χ1n) is 9.97. The average Bonchev–Trinajstić information content (AvgIpc) is 3.13. The number of aliphatic hydroxyl groups is 2. The van der Waals surface area contributed by atoms with E-state index in [1.807, 2.05) is 0 Å². The molecule has 15 heteroatoms. The van der Waals surface area contributed by atoms with E-state index in [0.717, 1.165) is 6.07 Å². The minimum Gasteiger partial charge on any atom is -0.493 e. The third-order valence-electron chi connectivity index (χ3n) is 5.65. The van der Waals surface area contributed by atoms with Gasteiger partial charge in [-0.3, -0.25) is 0 Å². The maximum Gasteiger partial charge on any atom is 0.419 e. The summed E-state index contributed by atoms with van der Waals surface area (Å²) in [6.45, 7) is -2.81. The highest BCUT2D eigenvalue weighted by Gasteiger charge is 2.50. The van der Waals surface area contributed by atoms with Crippen molar-refractivity contribution in [2.75, 3.05) is 26.3 Å². The number of aliphatic hydroxyl groups excluding tert-OH is 1. The molecule has 1 fully saturated rings. The summed E-state index contributed by atoms with van der Waals surface area (Å²) in [4.78, 5) is -0.760. The van der Waals surface area contributed by atoms with Crippen molar-refractivity contribution in [1.82, 2.24) is 4.31 Å². The van der Waals surface area contributed by atoms with Crippen molar-refractivity contribution >= 4 is 10.0 Å². The van der Waals surface area contributed by atoms with Gasteiger partial charge in [0.15, 0.2) is 0 Å². The Hall–Kier alpha value is -2.93. The zero-order valence-corrected chi connectivity index (χ0v) is 18.8. The second kappa shape index (κ2) is 9.51. The maximum atomic E-state index is 13.8. The molecule has 0 aliphatic carbocycles. The van der Waals surface area contributed by atoms with Crippen molar-refractivity contribution < 1.29 is 54.1 Å². The van der Waals surface area contributed by atoms with Crippen LogP contribution in [0, 0.1) is 23.1 Å². The summed E-state index contributed by atoms with van der Waals surface area (Å²) >= 11 is 0. The van der Waals surface area contributed by atoms with E-state index in [1.54, 1.807) is 0 Å². The Bertz CT molecular complexity index is 1290. The number of alkyl halides is 6. The van der Waals surface area contributed by atoms with Crippen LogP contribution in [0.2, 0.25) is 0 Å². The first kappa shape index (κ1) is 27.7. The van der Waals surface area contributed by atoms with Gasteiger partial charge in [-0.2, -0.15) is 35.9 Å². The molecule has 0 saturated carbocycles. The second-order valence-corrected chi connectivity index (χ2v) is 9.93. The number of hydrogen-bond donors (Lipinski definition) is 2. The molecule has 0 radical (unpaired) electrons. The van der Waals surface area contributed by atoms with Crippen molar-refractivity contribution in [3.63, 3.8) is 0 Å². The third-order valence-corrected chi connectivity index (χ3v) is 7.52. The summed E-state index contributed by atoms with van der Waals surface area (Å²) < 4.78 is 123. The van der Waals surface area contributed by atoms with Gasteiger partial charge in [0.1, 0.15) is 23.2 Å². The third kappa shape index (κ3) is 5.41. The molecule has 0 unspecified atom stereocenters. The lowest BCUT2D eigenvalue weighted by molar-refractivity contribution is -0.140. The van der Waals surface area contributed by atoms with Gasteiger partial charge < -0.3 is 14.9 Å². The van der Waals surface area contributed by atoms with E-state index in [9.17, 15) is 54.6 Å². The van der Waals surface area contributed by atoms with Crippen LogP contribution in [-0.4, -0.2) is 54.8 Å². The number of halogens is 7. The van der Waals surface area contributed by atoms with Crippen LogP contribution in [0.15, 0.2) is 41.3 Å². The fraction of sp³-hybridized carbons (Fsp3) is 0.381. The van der Waals surface area contributed by atoms with Crippen LogP contribution in [0.4, 0.5) is 30.7 Å². The van der Waals surface area contributed by atoms with E-state index < -0.39 is 87.6 Å². The Morgan fingerprint density at radius 3 is 2.31 bits per heavy atom. The highest BCUT2D eigenvalue weighted by molar-refractivity contribution is 7.89. The van der Waals surface area contributed by atoms with Gasteiger partial charge in [0.2, 0.25) is 10.0 Å². The smallest absolute Gasteiger partial charge is 0.419 e. The highest BCUT2D eigenvalue weighted by atomic mass is 32.2. The molecule has 196 valence electrons. The number of hydrogen-bond acceptors (Lipinski definition) is 6. The molecule has 7 nitrogen and oxygen atoms in total. The second-order valence-electron chi connectivity index (χ2n) is 8.03. The molecule has 2 N–H and O–H groups in total. The summed E-state index contributed by atoms with van der Waals surface area (Å²) in [5, 5.41) is 29.6. The van der Waals surface area contributed by atoms with Gasteiger partial charge in [0.25, 0.3) is 0 Å². The van der Waals surface area contributed by atoms with Crippen LogP contribution < -0.4 is 4.74 Å². The average molecular weight is 542 g/mol. The van der Waals surface area contributed by atoms with Crippen LogP contribution >= 0.6 is 0 Å². The summed E-state index contributed by atoms with van der Waals surface area (Å²) in [5.41, 5.74) is -5.70. The molecule has 36 heavy (non-hydrogen) atoms. The summed E-state index contributed by atoms with van der Waals surface area (Å²) in [6.07, 6.45) is -9.78. The van der Waals surface area contributed by atoms with Gasteiger partial charge in [0.05, 0.1) is 34.8 Å². The lowest BCUT2D eigenvalue weighted by atomic mass is 9.92. The zero-order chi connectivity index (χ0) is 27.1. The van der Waals surface area contributed by atoms with Crippen molar-refractivity contribution in [2.45, 2.75) is 22.8 Å². The quantitative estimate of drug-likeness (QED) is 0.543. The summed E-state index contributed by atoms with van der Waals surface area (Å²) in [7, 11) is -4.64. The first-order valence-corrected chi connectivity index (χ1v) is 11.4. The predicted octanol–water partition coefficient (Wildman–Crippen LogP) is 3.16. The largest absolute Gasteiger partial charge is 0.493 e. The standard InChI is InChI=1S/C21H17F7N2O5S/c22-17-6-15(2-3-16(17)21(26,27)28)35-9-14-8-30(10-19(14,32)11-31)36(33,34)18-4-1-13(20(23,24)25)5-12(18)7-29/h1-6,14,31-32H,8-11H2/t14-,19-/m1/s1. The van der Waals surface area contributed by atoms with Gasteiger partial charge in [-0.05, 0) is 30.3 Å². The molecule has 1 saturated heterocycles. The molecular weight excluding hydrogens is 525 g/mol. The van der Waals surface area contributed by atoms with Gasteiger partial charge in [-0.15, -0.1) is 0 Å². The number of nitrogens with zero attached hydrogens (tertiary/aromatic N) is 2. The molecule has 1 aliphatic rings. The molecule has 1 aliphatic heterocycles.